The van der Waals surface area contributed by atoms with E-state index in [1.165, 1.54) is 4.90 Å². The first kappa shape index (κ1) is 22.8. The predicted octanol–water partition coefficient (Wildman–Crippen LogP) is 3.47. The van der Waals surface area contributed by atoms with E-state index in [0.29, 0.717) is 49.4 Å². The summed E-state index contributed by atoms with van der Waals surface area (Å²) in [5.41, 5.74) is 4.68. The number of amides is 2. The molecule has 1 atom stereocenters. The lowest BCUT2D eigenvalue weighted by molar-refractivity contribution is 0.0625. The number of aromatic nitrogens is 3. The summed E-state index contributed by atoms with van der Waals surface area (Å²) in [6.07, 6.45) is 0.754. The summed E-state index contributed by atoms with van der Waals surface area (Å²) in [7, 11) is 0. The molecule has 10 heteroatoms. The summed E-state index contributed by atoms with van der Waals surface area (Å²) < 4.78 is 2.05. The van der Waals surface area contributed by atoms with Crippen LogP contribution in [-0.4, -0.2) is 74.4 Å². The molecule has 10 nitrogen and oxygen atoms in total. The average molecular weight is 496 g/mol. The minimum Gasteiger partial charge on any atom is -0.465 e. The number of benzene rings is 2. The van der Waals surface area contributed by atoms with Gasteiger partial charge in [0.1, 0.15) is 6.07 Å². The van der Waals surface area contributed by atoms with Crippen LogP contribution in [0.4, 0.5) is 10.5 Å². The van der Waals surface area contributed by atoms with Crippen LogP contribution in [0.25, 0.3) is 21.8 Å². The molecule has 4 heterocycles. The van der Waals surface area contributed by atoms with Gasteiger partial charge in [0.15, 0.2) is 0 Å². The van der Waals surface area contributed by atoms with Crippen molar-refractivity contribution in [2.24, 2.45) is 0 Å². The summed E-state index contributed by atoms with van der Waals surface area (Å²) in [5.74, 6) is -0.107. The molecule has 37 heavy (non-hydrogen) atoms. The zero-order valence-corrected chi connectivity index (χ0v) is 20.3. The van der Waals surface area contributed by atoms with Crippen molar-refractivity contribution in [2.75, 3.05) is 37.6 Å². The molecule has 2 aromatic carbocycles. The van der Waals surface area contributed by atoms with Crippen LogP contribution in [0.2, 0.25) is 0 Å². The van der Waals surface area contributed by atoms with Gasteiger partial charge < -0.3 is 19.8 Å². The summed E-state index contributed by atoms with van der Waals surface area (Å²) in [6, 6.07) is 15.7. The molecule has 6 rings (SSSR count). The van der Waals surface area contributed by atoms with Crippen molar-refractivity contribution in [3.63, 3.8) is 0 Å². The molecule has 2 aliphatic rings. The number of carbonyl (C=O) groups is 2. The van der Waals surface area contributed by atoms with Crippen LogP contribution in [0.15, 0.2) is 48.7 Å². The highest BCUT2D eigenvalue weighted by molar-refractivity contribution is 5.99. The van der Waals surface area contributed by atoms with Crippen molar-refractivity contribution in [2.45, 2.75) is 19.5 Å². The number of carbonyl (C=O) groups excluding carboxylic acids is 1. The number of nitriles is 1. The second-order valence-corrected chi connectivity index (χ2v) is 9.56. The fourth-order valence-corrected chi connectivity index (χ4v) is 5.45. The van der Waals surface area contributed by atoms with Crippen LogP contribution in [0, 0.1) is 11.3 Å². The predicted molar refractivity (Wildman–Crippen MR) is 137 cm³/mol. The van der Waals surface area contributed by atoms with Crippen LogP contribution in [-0.2, 0) is 6.54 Å². The van der Waals surface area contributed by atoms with Crippen molar-refractivity contribution in [1.29, 1.82) is 5.26 Å². The van der Waals surface area contributed by atoms with Crippen LogP contribution in [0.3, 0.4) is 0 Å². The van der Waals surface area contributed by atoms with Crippen LogP contribution >= 0.6 is 0 Å². The topological polar surface area (TPSA) is 119 Å². The van der Waals surface area contributed by atoms with E-state index < -0.39 is 6.09 Å². The maximum absolute atomic E-state index is 13.1. The normalized spacial score (nSPS) is 17.6. The molecule has 0 unspecified atom stereocenters. The molecule has 2 amide bonds. The van der Waals surface area contributed by atoms with Gasteiger partial charge in [0.05, 0.1) is 34.9 Å². The quantitative estimate of drug-likeness (QED) is 0.452. The van der Waals surface area contributed by atoms with Gasteiger partial charge in [-0.25, -0.2) is 4.79 Å². The van der Waals surface area contributed by atoms with Gasteiger partial charge in [0.2, 0.25) is 0 Å². The summed E-state index contributed by atoms with van der Waals surface area (Å²) in [4.78, 5) is 34.1. The molecule has 1 saturated heterocycles. The zero-order valence-electron chi connectivity index (χ0n) is 20.3. The molecule has 0 radical (unpaired) electrons. The number of fused-ring (bicyclic) bond motifs is 4. The smallest absolute Gasteiger partial charge is 0.407 e. The zero-order chi connectivity index (χ0) is 25.7. The molecular formula is C27H25N7O3. The van der Waals surface area contributed by atoms with Gasteiger partial charge in [-0.15, -0.1) is 0 Å². The van der Waals surface area contributed by atoms with Gasteiger partial charge in [-0.05, 0) is 43.3 Å². The van der Waals surface area contributed by atoms with Gasteiger partial charge in [0, 0.05) is 60.9 Å². The molecule has 0 spiro atoms. The fourth-order valence-electron chi connectivity index (χ4n) is 5.45. The SMILES string of the molecule is C[C@@H]1CN(c2ccc(C#N)c3ncccc23)Cc2c3ccc(C(=O)N4CCN(C(=O)O)CC4)cc3nn21. The number of rotatable bonds is 2. The van der Waals surface area contributed by atoms with Gasteiger partial charge in [-0.1, -0.05) is 6.07 Å². The monoisotopic (exact) mass is 495 g/mol. The van der Waals surface area contributed by atoms with Crippen LogP contribution in [0.5, 0.6) is 0 Å². The van der Waals surface area contributed by atoms with E-state index in [0.717, 1.165) is 34.2 Å². The van der Waals surface area contributed by atoms with E-state index in [-0.39, 0.29) is 11.9 Å². The van der Waals surface area contributed by atoms with Gasteiger partial charge in [-0.3, -0.25) is 14.5 Å². The first-order valence-electron chi connectivity index (χ1n) is 12.3. The Morgan fingerprint density at radius 3 is 2.59 bits per heavy atom. The number of hydrogen-bond donors (Lipinski definition) is 1. The number of anilines is 1. The number of piperazine rings is 1. The fraction of sp³-hybridized carbons (Fsp3) is 0.296. The third kappa shape index (κ3) is 3.80. The number of nitrogens with zero attached hydrogens (tertiary/aromatic N) is 7. The second-order valence-electron chi connectivity index (χ2n) is 9.56. The van der Waals surface area contributed by atoms with Crippen molar-refractivity contribution < 1.29 is 14.7 Å². The summed E-state index contributed by atoms with van der Waals surface area (Å²) >= 11 is 0. The Balaban J connectivity index is 1.31. The Kier molecular flexibility index (Phi) is 5.41. The molecule has 1 N–H and O–H groups in total. The maximum atomic E-state index is 13.1. The Bertz CT molecular complexity index is 1600. The average Bonchev–Trinajstić information content (AvgIpc) is 3.30. The highest BCUT2D eigenvalue weighted by atomic mass is 16.4. The third-order valence-electron chi connectivity index (χ3n) is 7.34. The van der Waals surface area contributed by atoms with Crippen molar-refractivity contribution in [3.05, 3.63) is 65.5 Å². The van der Waals surface area contributed by atoms with E-state index in [9.17, 15) is 14.9 Å². The third-order valence-corrected chi connectivity index (χ3v) is 7.34. The number of carboxylic acid groups (broad SMARTS) is 1. The van der Waals surface area contributed by atoms with Crippen molar-refractivity contribution in [3.8, 4) is 6.07 Å². The van der Waals surface area contributed by atoms with Gasteiger partial charge in [-0.2, -0.15) is 10.4 Å². The molecule has 0 saturated carbocycles. The number of pyridine rings is 1. The largest absolute Gasteiger partial charge is 0.465 e. The molecule has 2 aliphatic heterocycles. The molecular weight excluding hydrogens is 470 g/mol. The lowest BCUT2D eigenvalue weighted by Crippen LogP contribution is -2.50. The minimum absolute atomic E-state index is 0.0989. The Labute approximate surface area is 212 Å². The first-order chi connectivity index (χ1) is 17.9. The Hall–Kier alpha value is -4.65. The molecule has 0 aliphatic carbocycles. The minimum atomic E-state index is -0.953. The Morgan fingerprint density at radius 1 is 1.05 bits per heavy atom. The standard InChI is InChI=1S/C27H25N7O3/c1-17-15-33(23-7-5-19(14-28)25-21(23)3-2-8-29-25)16-24-20-6-4-18(13-22(20)30-34(17)24)26(35)31-9-11-32(12-10-31)27(36)37/h2-8,13,17H,9-12,15-16H2,1H3,(H,36,37)/t17-/m1/s1. The number of hydrogen-bond acceptors (Lipinski definition) is 6. The van der Waals surface area contributed by atoms with E-state index in [2.05, 4.69) is 22.9 Å². The van der Waals surface area contributed by atoms with E-state index >= 15 is 0 Å². The lowest BCUT2D eigenvalue weighted by atomic mass is 10.0. The molecule has 0 bridgehead atoms. The second kappa shape index (κ2) is 8.78. The van der Waals surface area contributed by atoms with Crippen LogP contribution in [0.1, 0.15) is 34.6 Å². The molecule has 1 fully saturated rings. The molecule has 4 aromatic rings. The van der Waals surface area contributed by atoms with E-state index in [1.807, 2.05) is 47.1 Å². The summed E-state index contributed by atoms with van der Waals surface area (Å²) in [5, 5.41) is 25.5. The molecule has 186 valence electrons. The van der Waals surface area contributed by atoms with Crippen molar-refractivity contribution >= 4 is 39.5 Å². The highest BCUT2D eigenvalue weighted by Crippen LogP contribution is 2.35. The highest BCUT2D eigenvalue weighted by Gasteiger charge is 2.29. The van der Waals surface area contributed by atoms with E-state index in [1.54, 1.807) is 11.1 Å². The van der Waals surface area contributed by atoms with Crippen molar-refractivity contribution in [1.82, 2.24) is 24.6 Å². The summed E-state index contributed by atoms with van der Waals surface area (Å²) in [6.45, 7) is 4.89. The van der Waals surface area contributed by atoms with Gasteiger partial charge >= 0.3 is 6.09 Å². The Morgan fingerprint density at radius 2 is 1.84 bits per heavy atom. The molecule has 2 aromatic heterocycles. The lowest BCUT2D eigenvalue weighted by Gasteiger charge is -2.34. The first-order valence-corrected chi connectivity index (χ1v) is 12.3. The van der Waals surface area contributed by atoms with Gasteiger partial charge in [0.25, 0.3) is 5.91 Å². The van der Waals surface area contributed by atoms with E-state index in [4.69, 9.17) is 10.2 Å². The van der Waals surface area contributed by atoms with Crippen LogP contribution < -0.4 is 4.90 Å². The maximum Gasteiger partial charge on any atom is 0.407 e.